The molecule has 9 nitrogen and oxygen atoms in total. The number of carbonyl (C=O) groups is 3. The molecule has 10 heteroatoms. The lowest BCUT2D eigenvalue weighted by atomic mass is 10.2. The molecule has 3 rings (SSSR count). The fraction of sp³-hybridized carbons (Fsp3) is 0.348. The van der Waals surface area contributed by atoms with Gasteiger partial charge in [0.05, 0.1) is 32.4 Å². The van der Waals surface area contributed by atoms with Gasteiger partial charge in [0.1, 0.15) is 17.4 Å². The van der Waals surface area contributed by atoms with E-state index in [1.807, 2.05) is 0 Å². The molecule has 0 atom stereocenters. The number of amides is 1. The quantitative estimate of drug-likeness (QED) is 0.609. The molecule has 0 bridgehead atoms. The fourth-order valence-corrected chi connectivity index (χ4v) is 4.25. The lowest BCUT2D eigenvalue weighted by Gasteiger charge is -2.24. The van der Waals surface area contributed by atoms with Crippen LogP contribution in [0.25, 0.3) is 0 Å². The number of carbonyl (C=O) groups excluding carboxylic acids is 3. The van der Waals surface area contributed by atoms with Gasteiger partial charge in [0.15, 0.2) is 0 Å². The molecule has 2 aromatic rings. The summed E-state index contributed by atoms with van der Waals surface area (Å²) >= 11 is 0.997. The highest BCUT2D eigenvalue weighted by Gasteiger charge is 2.26. The van der Waals surface area contributed by atoms with Crippen molar-refractivity contribution in [1.29, 1.82) is 0 Å². The smallest absolute Gasteiger partial charge is 0.302 e. The summed E-state index contributed by atoms with van der Waals surface area (Å²) in [6, 6.07) is 6.94. The summed E-state index contributed by atoms with van der Waals surface area (Å²) in [5.74, 6) is 1.10. The van der Waals surface area contributed by atoms with Crippen LogP contribution in [-0.4, -0.2) is 52.1 Å². The number of benzene rings is 1. The molecular weight excluding hydrogens is 444 g/mol. The van der Waals surface area contributed by atoms with Crippen molar-refractivity contribution >= 4 is 34.6 Å². The number of aromatic nitrogens is 2. The summed E-state index contributed by atoms with van der Waals surface area (Å²) < 4.78 is 10.4. The van der Waals surface area contributed by atoms with Gasteiger partial charge >= 0.3 is 5.97 Å². The number of aryl methyl sites for hydroxylation is 1. The number of hydrogen-bond acceptors (Lipinski definition) is 9. The van der Waals surface area contributed by atoms with Crippen LogP contribution in [0.1, 0.15) is 42.0 Å². The molecule has 0 spiro atoms. The molecule has 1 aromatic heterocycles. The van der Waals surface area contributed by atoms with Crippen molar-refractivity contribution in [3.05, 3.63) is 58.0 Å². The van der Waals surface area contributed by atoms with Crippen LogP contribution in [0, 0.1) is 6.92 Å². The van der Waals surface area contributed by atoms with Crippen LogP contribution in [0.15, 0.2) is 41.1 Å². The Balaban J connectivity index is 1.93. The number of hydrogen-bond donors (Lipinski definition) is 1. The number of ether oxygens (including phenoxy) is 2. The summed E-state index contributed by atoms with van der Waals surface area (Å²) in [5, 5.41) is 2.82. The van der Waals surface area contributed by atoms with E-state index in [1.165, 1.54) is 14.0 Å². The second-order valence-electron chi connectivity index (χ2n) is 7.31. The van der Waals surface area contributed by atoms with Crippen molar-refractivity contribution in [2.24, 2.45) is 0 Å². The minimum Gasteiger partial charge on any atom is -0.496 e. The molecule has 0 aliphatic carbocycles. The Bertz CT molecular complexity index is 1100. The Morgan fingerprint density at radius 2 is 2.00 bits per heavy atom. The molecule has 2 heterocycles. The van der Waals surface area contributed by atoms with E-state index in [0.29, 0.717) is 33.6 Å². The molecule has 1 aliphatic rings. The minimum atomic E-state index is -0.412. The maximum absolute atomic E-state index is 13.1. The highest BCUT2D eigenvalue weighted by Crippen LogP contribution is 2.33. The molecule has 0 fully saturated rings. The van der Waals surface area contributed by atoms with Crippen molar-refractivity contribution < 1.29 is 23.9 Å². The first-order chi connectivity index (χ1) is 15.8. The Hall–Kier alpha value is -3.40. The first kappa shape index (κ1) is 24.2. The fourth-order valence-electron chi connectivity index (χ4n) is 3.31. The van der Waals surface area contributed by atoms with Crippen LogP contribution in [0.2, 0.25) is 0 Å². The van der Waals surface area contributed by atoms with Crippen molar-refractivity contribution in [1.82, 2.24) is 14.9 Å². The second-order valence-corrected chi connectivity index (χ2v) is 8.38. The lowest BCUT2D eigenvalue weighted by molar-refractivity contribution is -0.140. The molecule has 0 saturated heterocycles. The minimum absolute atomic E-state index is 0.0587. The van der Waals surface area contributed by atoms with Gasteiger partial charge in [0.2, 0.25) is 11.0 Å². The van der Waals surface area contributed by atoms with Crippen LogP contribution in [0.4, 0.5) is 5.82 Å². The number of anilines is 1. The number of nitrogens with zero attached hydrogens (tertiary/aromatic N) is 3. The van der Waals surface area contributed by atoms with Crippen LogP contribution >= 0.6 is 11.8 Å². The third-order valence-electron chi connectivity index (χ3n) is 5.01. The van der Waals surface area contributed by atoms with Gasteiger partial charge < -0.3 is 19.7 Å². The first-order valence-corrected chi connectivity index (χ1v) is 11.2. The standard InChI is InChI=1S/C23H26N4O5S/c1-14(27-13-17-11-24-15(2)26-22(17)25-12-21(27)29)20(9-10-32-16(3)28)33-23(30)18-7-5-6-8-19(18)31-4/h5-8,11H,9-10,12-13H2,1-4H3,(H,24,25,26)/b20-14-. The van der Waals surface area contributed by atoms with E-state index in [2.05, 4.69) is 15.3 Å². The predicted molar refractivity (Wildman–Crippen MR) is 125 cm³/mol. The van der Waals surface area contributed by atoms with E-state index in [9.17, 15) is 14.4 Å². The van der Waals surface area contributed by atoms with E-state index in [1.54, 1.807) is 49.2 Å². The number of methoxy groups -OCH3 is 1. The van der Waals surface area contributed by atoms with Crippen LogP contribution < -0.4 is 10.1 Å². The molecular formula is C23H26N4O5S. The number of esters is 1. The molecule has 1 aliphatic heterocycles. The molecule has 1 amide bonds. The third-order valence-corrected chi connectivity index (χ3v) is 6.16. The summed E-state index contributed by atoms with van der Waals surface area (Å²) in [4.78, 5) is 48.1. The van der Waals surface area contributed by atoms with Crippen LogP contribution in [0.5, 0.6) is 5.75 Å². The van der Waals surface area contributed by atoms with E-state index < -0.39 is 5.97 Å². The second kappa shape index (κ2) is 11.0. The van der Waals surface area contributed by atoms with Gasteiger partial charge in [0, 0.05) is 35.7 Å². The zero-order valence-electron chi connectivity index (χ0n) is 19.0. The maximum Gasteiger partial charge on any atom is 0.302 e. The summed E-state index contributed by atoms with van der Waals surface area (Å²) in [6.07, 6.45) is 1.97. The molecule has 0 unspecified atom stereocenters. The average molecular weight is 471 g/mol. The monoisotopic (exact) mass is 470 g/mol. The van der Waals surface area contributed by atoms with Crippen molar-refractivity contribution in [3.8, 4) is 5.75 Å². The number of thioether (sulfide) groups is 1. The van der Waals surface area contributed by atoms with Gasteiger partial charge in [-0.1, -0.05) is 12.1 Å². The molecule has 1 aromatic carbocycles. The van der Waals surface area contributed by atoms with Gasteiger partial charge in [-0.3, -0.25) is 14.4 Å². The predicted octanol–water partition coefficient (Wildman–Crippen LogP) is 3.31. The van der Waals surface area contributed by atoms with Gasteiger partial charge in [-0.2, -0.15) is 0 Å². The molecule has 174 valence electrons. The number of fused-ring (bicyclic) bond motifs is 1. The molecule has 1 N–H and O–H groups in total. The Morgan fingerprint density at radius 3 is 2.73 bits per heavy atom. The van der Waals surface area contributed by atoms with Crippen molar-refractivity contribution in [2.45, 2.75) is 33.7 Å². The van der Waals surface area contributed by atoms with Gasteiger partial charge in [-0.15, -0.1) is 0 Å². The Kier molecular flexibility index (Phi) is 8.05. The summed E-state index contributed by atoms with van der Waals surface area (Å²) in [5.41, 5.74) is 1.79. The molecule has 33 heavy (non-hydrogen) atoms. The van der Waals surface area contributed by atoms with Crippen LogP contribution in [-0.2, 0) is 20.9 Å². The SMILES string of the molecule is COc1ccccc1C(=O)S/C(CCOC(C)=O)=C(/C)N1Cc2cnc(C)nc2NCC1=O. The Labute approximate surface area is 196 Å². The first-order valence-electron chi connectivity index (χ1n) is 10.3. The topological polar surface area (TPSA) is 111 Å². The van der Waals surface area contributed by atoms with E-state index >= 15 is 0 Å². The van der Waals surface area contributed by atoms with E-state index in [-0.39, 0.29) is 37.1 Å². The van der Waals surface area contributed by atoms with E-state index in [0.717, 1.165) is 17.3 Å². The van der Waals surface area contributed by atoms with Gasteiger partial charge in [0.25, 0.3) is 0 Å². The van der Waals surface area contributed by atoms with Gasteiger partial charge in [-0.25, -0.2) is 9.97 Å². The zero-order valence-corrected chi connectivity index (χ0v) is 19.8. The summed E-state index contributed by atoms with van der Waals surface area (Å²) in [6.45, 7) is 5.30. The van der Waals surface area contributed by atoms with Gasteiger partial charge in [-0.05, 0) is 37.7 Å². The zero-order chi connectivity index (χ0) is 24.0. The number of rotatable bonds is 7. The normalized spacial score (nSPS) is 13.9. The Morgan fingerprint density at radius 1 is 1.24 bits per heavy atom. The number of para-hydroxylation sites is 1. The number of allylic oxidation sites excluding steroid dienone is 1. The average Bonchev–Trinajstić information content (AvgIpc) is 2.96. The number of nitrogens with one attached hydrogen (secondary N) is 1. The highest BCUT2D eigenvalue weighted by atomic mass is 32.2. The third kappa shape index (κ3) is 6.10. The highest BCUT2D eigenvalue weighted by molar-refractivity contribution is 8.17. The van der Waals surface area contributed by atoms with Crippen molar-refractivity contribution in [3.63, 3.8) is 0 Å². The van der Waals surface area contributed by atoms with Crippen molar-refractivity contribution in [2.75, 3.05) is 25.6 Å². The molecule has 0 radical (unpaired) electrons. The van der Waals surface area contributed by atoms with E-state index in [4.69, 9.17) is 9.47 Å². The lowest BCUT2D eigenvalue weighted by Crippen LogP contribution is -2.32. The maximum atomic E-state index is 13.1. The molecule has 0 saturated carbocycles. The van der Waals surface area contributed by atoms with Crippen LogP contribution in [0.3, 0.4) is 0 Å². The summed E-state index contributed by atoms with van der Waals surface area (Å²) in [7, 11) is 1.50. The largest absolute Gasteiger partial charge is 0.496 e.